The largest absolute Gasteiger partial charge is 1.00 e. The van der Waals surface area contributed by atoms with E-state index in [9.17, 15) is 82.2 Å². The van der Waals surface area contributed by atoms with Gasteiger partial charge in [0, 0.05) is 55.3 Å². The van der Waals surface area contributed by atoms with Crippen molar-refractivity contribution in [3.05, 3.63) is 83.9 Å². The summed E-state index contributed by atoms with van der Waals surface area (Å²) >= 11 is 0.601. The molecule has 0 fully saturated rings. The Morgan fingerprint density at radius 3 is 1.32 bits per heavy atom. The molecule has 0 bridgehead atoms. The molecule has 0 saturated carbocycles. The summed E-state index contributed by atoms with van der Waals surface area (Å²) in [5, 5.41) is 58.8. The molecular formula is C42H40N14Na6O22S6. The summed E-state index contributed by atoms with van der Waals surface area (Å²) in [5.41, 5.74) is 9.47. The first-order chi connectivity index (χ1) is 39.6. The van der Waals surface area contributed by atoms with E-state index in [0.29, 0.717) is 30.2 Å². The van der Waals surface area contributed by atoms with E-state index in [-0.39, 0.29) is 278 Å². The molecule has 0 aliphatic rings. The van der Waals surface area contributed by atoms with Crippen LogP contribution in [0.2, 0.25) is 0 Å². The number of carbonyl (C=O) groups is 2. The van der Waals surface area contributed by atoms with E-state index in [4.69, 9.17) is 11.5 Å². The maximum atomic E-state index is 12.9. The summed E-state index contributed by atoms with van der Waals surface area (Å²) in [6.07, 6.45) is 1.85. The summed E-state index contributed by atoms with van der Waals surface area (Å²) in [6, 6.07) is 11.8. The maximum absolute atomic E-state index is 12.9. The summed E-state index contributed by atoms with van der Waals surface area (Å²) in [5.74, 6) is -4.03. The number of nitrogens with zero attached hydrogens (tertiary/aromatic N) is 8. The van der Waals surface area contributed by atoms with Gasteiger partial charge in [-0.2, -0.15) is 38.6 Å². The molecule has 0 radical (unpaired) electrons. The van der Waals surface area contributed by atoms with Crippen LogP contribution in [0.3, 0.4) is 0 Å². The average Bonchev–Trinajstić information content (AvgIpc) is 0.831. The number of aliphatic hydroxyl groups is 2. The molecule has 4 aromatic carbocycles. The van der Waals surface area contributed by atoms with E-state index in [1.54, 1.807) is 0 Å². The van der Waals surface area contributed by atoms with Crippen LogP contribution in [-0.2, 0) is 68.8 Å². The van der Waals surface area contributed by atoms with Gasteiger partial charge in [0.2, 0.25) is 47.5 Å². The number of carbonyl (C=O) groups excluding carboxylic acids is 2. The number of rotatable bonds is 32. The third-order valence-electron chi connectivity index (χ3n) is 10.6. The molecule has 36 nitrogen and oxygen atoms in total. The zero-order chi connectivity index (χ0) is 61.6. The number of nitrogens with two attached hydrogens (primary N) is 2. The van der Waals surface area contributed by atoms with Crippen molar-refractivity contribution >= 4 is 147 Å². The number of amides is 2. The summed E-state index contributed by atoms with van der Waals surface area (Å²) < 4.78 is 155. The second kappa shape index (κ2) is 40.8. The van der Waals surface area contributed by atoms with Crippen LogP contribution < -0.4 is 230 Å². The molecule has 0 aliphatic carbocycles. The molecule has 2 amide bonds. The fourth-order valence-electron chi connectivity index (χ4n) is 6.97. The third kappa shape index (κ3) is 27.5. The van der Waals surface area contributed by atoms with Crippen LogP contribution in [-0.4, -0.2) is 143 Å². The zero-order valence-corrected chi connectivity index (χ0v) is 64.9. The van der Waals surface area contributed by atoms with Gasteiger partial charge in [0.25, 0.3) is 0 Å². The smallest absolute Gasteiger partial charge is 0.744 e. The predicted molar refractivity (Wildman–Crippen MR) is 282 cm³/mol. The van der Waals surface area contributed by atoms with Crippen LogP contribution in [0.25, 0.3) is 12.2 Å². The molecule has 90 heavy (non-hydrogen) atoms. The Bertz CT molecular complexity index is 3930. The SMILES string of the molecule is NC(=O)CCN(CCO)c1nc(Nc2ccc(/C=C/c3ccc(Nc4nc(Nc5cc(S(=O)(=O)[O-])ccc5S(=O)(=O)[O-])nc(N(CCO)CCC(N)=O)n4)cc3SOO[O-])c(S(=O)(=O)[O-])c2)nc(Nc2cc(S(=O)(=O)[O-])ccc2SOO[O-])n1.[Na+].[Na+].[Na+].[Na+].[Na+].[Na+]. The summed E-state index contributed by atoms with van der Waals surface area (Å²) in [6.45, 7) is -1.91. The first kappa shape index (κ1) is 88.4. The molecule has 6 aromatic rings. The molecule has 2 heterocycles. The van der Waals surface area contributed by atoms with Gasteiger partial charge in [-0.3, -0.25) is 19.7 Å². The number of aromatic nitrogens is 6. The molecule has 2 aromatic heterocycles. The van der Waals surface area contributed by atoms with Crippen molar-refractivity contribution < 1.29 is 278 Å². The van der Waals surface area contributed by atoms with Crippen molar-refractivity contribution in [3.8, 4) is 0 Å². The Morgan fingerprint density at radius 2 is 0.889 bits per heavy atom. The second-order valence-corrected chi connectivity index (χ2v) is 23.3. The van der Waals surface area contributed by atoms with Crippen LogP contribution in [0, 0.1) is 0 Å². The minimum atomic E-state index is -5.36. The minimum Gasteiger partial charge on any atom is -0.744 e. The molecular weight excluding hydrogens is 1380 g/mol. The normalized spacial score (nSPS) is 11.2. The topological polar surface area (TPSA) is 570 Å². The molecule has 452 valence electrons. The third-order valence-corrected chi connectivity index (χ3v) is 15.4. The van der Waals surface area contributed by atoms with Crippen molar-refractivity contribution in [1.82, 2.24) is 29.9 Å². The van der Waals surface area contributed by atoms with Crippen molar-refractivity contribution in [2.75, 3.05) is 70.5 Å². The Labute approximate surface area is 653 Å². The number of hydrogen-bond acceptors (Lipinski definition) is 36. The first-order valence-electron chi connectivity index (χ1n) is 22.8. The van der Waals surface area contributed by atoms with Crippen molar-refractivity contribution in [1.29, 1.82) is 0 Å². The van der Waals surface area contributed by atoms with E-state index >= 15 is 0 Å². The number of anilines is 10. The van der Waals surface area contributed by atoms with Gasteiger partial charge >= 0.3 is 177 Å². The van der Waals surface area contributed by atoms with Gasteiger partial charge < -0.3 is 81.5 Å². The van der Waals surface area contributed by atoms with Crippen molar-refractivity contribution in [2.24, 2.45) is 11.5 Å². The van der Waals surface area contributed by atoms with Crippen LogP contribution in [0.5, 0.6) is 0 Å². The fourth-order valence-corrected chi connectivity index (χ4v) is 10.2. The van der Waals surface area contributed by atoms with Crippen LogP contribution in [0.4, 0.5) is 58.4 Å². The zero-order valence-electron chi connectivity index (χ0n) is 48.0. The molecule has 10 N–H and O–H groups in total. The quantitative estimate of drug-likeness (QED) is 0.00485. The Morgan fingerprint density at radius 1 is 0.489 bits per heavy atom. The summed E-state index contributed by atoms with van der Waals surface area (Å²) in [7, 11) is -21.0. The Balaban J connectivity index is 0.0000132. The van der Waals surface area contributed by atoms with Gasteiger partial charge in [-0.05, 0) is 71.8 Å². The number of benzene rings is 4. The number of hydrogen-bond donors (Lipinski definition) is 8. The minimum absolute atomic E-state index is 0. The predicted octanol–water partition coefficient (Wildman–Crippen LogP) is -19.3. The van der Waals surface area contributed by atoms with Crippen molar-refractivity contribution in [2.45, 2.75) is 42.2 Å². The van der Waals surface area contributed by atoms with Crippen LogP contribution >= 0.6 is 24.1 Å². The van der Waals surface area contributed by atoms with Crippen molar-refractivity contribution in [3.63, 3.8) is 0 Å². The van der Waals surface area contributed by atoms with Gasteiger partial charge in [0.05, 0.1) is 73.2 Å². The summed E-state index contributed by atoms with van der Waals surface area (Å²) in [4.78, 5) is 47.7. The standard InChI is InChI=1S/C42H46N14O22S6.6Na/c43-35(59)11-13-55(15-17-57)41-52-38(49-39(53-41)47-29-21-27(81(63,64)65)7-9-31(29)79-77-75-61)46-26-6-4-24(34(20-26)84(72,73)74)2-1-23-3-5-25(19-32(23)80-78-76-62)45-37-50-40(54-42(51-37)56(16-18-58)14-12-36(44)60)48-30-22-28(82(66,67)68)8-10-33(30)83(69,70)71;;;;;;/h1-10,19-22,57-58,61-62H,11-18H2,(H2,43,59)(H2,44,60)(H,63,64,65)(H,66,67,68)(H,69,70,71)(H,72,73,74)(H2,45,48,50,51,54)(H2,46,47,49,52,53);;;;;;/q;6*+1/p-6/b2-1+;;;;;;. The second-order valence-electron chi connectivity index (χ2n) is 16.3. The van der Waals surface area contributed by atoms with Crippen LogP contribution in [0.1, 0.15) is 24.0 Å². The molecule has 0 aliphatic heterocycles. The van der Waals surface area contributed by atoms with Gasteiger partial charge in [-0.25, -0.2) is 33.7 Å². The number of primary amides is 2. The molecule has 0 saturated heterocycles. The number of aliphatic hydroxyl groups excluding tert-OH is 2. The first-order valence-corrected chi connectivity index (χ1v) is 29.9. The van der Waals surface area contributed by atoms with Gasteiger partial charge in [-0.15, -0.1) is 0 Å². The molecule has 0 spiro atoms. The van der Waals surface area contributed by atoms with Gasteiger partial charge in [-0.1, -0.05) is 24.3 Å². The number of nitrogens with one attached hydrogen (secondary N) is 4. The van der Waals surface area contributed by atoms with E-state index in [1.165, 1.54) is 52.3 Å². The van der Waals surface area contributed by atoms with E-state index in [0.717, 1.165) is 24.3 Å². The Kier molecular flexibility index (Phi) is 40.1. The molecule has 48 heteroatoms. The van der Waals surface area contributed by atoms with E-state index in [1.807, 2.05) is 0 Å². The average molecular weight is 1420 g/mol. The molecule has 0 unspecified atom stereocenters. The maximum Gasteiger partial charge on any atom is 1.00 e. The molecule has 6 rings (SSSR count). The Hall–Kier alpha value is -1.60. The van der Waals surface area contributed by atoms with Gasteiger partial charge in [0.15, 0.2) is 0 Å². The fraction of sp³-hybridized carbons (Fsp3) is 0.190. The molecule has 0 atom stereocenters. The van der Waals surface area contributed by atoms with Gasteiger partial charge in [0.1, 0.15) is 40.5 Å². The van der Waals surface area contributed by atoms with E-state index in [2.05, 4.69) is 69.9 Å². The monoisotopic (exact) mass is 1420 g/mol. The van der Waals surface area contributed by atoms with E-state index < -0.39 is 115 Å². The van der Waals surface area contributed by atoms with Crippen LogP contribution in [0.15, 0.2) is 102 Å².